The van der Waals surface area contributed by atoms with Crippen LogP contribution in [-0.2, 0) is 11.3 Å². The van der Waals surface area contributed by atoms with E-state index in [0.29, 0.717) is 13.2 Å². The first-order valence-corrected chi connectivity index (χ1v) is 11.5. The van der Waals surface area contributed by atoms with Gasteiger partial charge in [0.25, 0.3) is 0 Å². The van der Waals surface area contributed by atoms with E-state index in [1.54, 1.807) is 0 Å². The third-order valence-electron chi connectivity index (χ3n) is 5.82. The molecule has 4 nitrogen and oxygen atoms in total. The molecule has 0 bridgehead atoms. The van der Waals surface area contributed by atoms with E-state index < -0.39 is 6.09 Å². The average Bonchev–Trinajstić information content (AvgIpc) is 3.13. The summed E-state index contributed by atoms with van der Waals surface area (Å²) in [6.45, 7) is 8.07. The number of nitrogens with one attached hydrogen (secondary N) is 2. The fourth-order valence-corrected chi connectivity index (χ4v) is 4.10. The summed E-state index contributed by atoms with van der Waals surface area (Å²) in [5, 5.41) is 6.30. The van der Waals surface area contributed by atoms with Gasteiger partial charge in [-0.15, -0.1) is 0 Å². The van der Waals surface area contributed by atoms with E-state index in [0.717, 1.165) is 12.1 Å². The Hall–Kier alpha value is -3.37. The summed E-state index contributed by atoms with van der Waals surface area (Å²) in [6, 6.07) is 25.1. The lowest BCUT2D eigenvalue weighted by atomic mass is 9.98. The highest BCUT2D eigenvalue weighted by molar-refractivity contribution is 5.79. The Kier molecular flexibility index (Phi) is 6.95. The van der Waals surface area contributed by atoms with Crippen LogP contribution in [0.15, 0.2) is 78.9 Å². The maximum absolute atomic E-state index is 12.3. The first kappa shape index (κ1) is 22.8. The number of alkyl carbamates (subject to hydrolysis) is 1. The van der Waals surface area contributed by atoms with E-state index in [-0.39, 0.29) is 11.5 Å². The molecule has 4 rings (SSSR count). The van der Waals surface area contributed by atoms with Gasteiger partial charge in [-0.05, 0) is 54.2 Å². The van der Waals surface area contributed by atoms with Crippen molar-refractivity contribution in [2.45, 2.75) is 38.8 Å². The van der Waals surface area contributed by atoms with Crippen LogP contribution in [0.25, 0.3) is 17.2 Å². The van der Waals surface area contributed by atoms with Crippen LogP contribution in [-0.4, -0.2) is 24.8 Å². The molecule has 0 spiro atoms. The van der Waals surface area contributed by atoms with E-state index in [1.807, 2.05) is 36.4 Å². The molecule has 0 saturated heterocycles. The summed E-state index contributed by atoms with van der Waals surface area (Å²) in [6.07, 6.45) is 3.54. The molecule has 3 aromatic rings. The molecule has 1 aliphatic rings. The van der Waals surface area contributed by atoms with Crippen LogP contribution >= 0.6 is 0 Å². The molecule has 0 radical (unpaired) electrons. The Balaban J connectivity index is 1.25. The molecule has 0 aromatic heterocycles. The second-order valence-corrected chi connectivity index (χ2v) is 9.45. The van der Waals surface area contributed by atoms with Gasteiger partial charge in [0.15, 0.2) is 0 Å². The van der Waals surface area contributed by atoms with Gasteiger partial charge in [0, 0.05) is 24.5 Å². The lowest BCUT2D eigenvalue weighted by molar-refractivity contribution is 0.144. The summed E-state index contributed by atoms with van der Waals surface area (Å²) in [7, 11) is 0. The van der Waals surface area contributed by atoms with Gasteiger partial charge in [0.05, 0.1) is 0 Å². The number of amides is 1. The van der Waals surface area contributed by atoms with Crippen molar-refractivity contribution >= 4 is 12.2 Å². The van der Waals surface area contributed by atoms with E-state index in [4.69, 9.17) is 4.74 Å². The quantitative estimate of drug-likeness (QED) is 0.465. The molecular weight excluding hydrogens is 408 g/mol. The molecule has 1 aliphatic carbocycles. The molecule has 0 fully saturated rings. The normalized spacial score (nSPS) is 13.1. The van der Waals surface area contributed by atoms with Crippen LogP contribution in [0.5, 0.6) is 0 Å². The summed E-state index contributed by atoms with van der Waals surface area (Å²) >= 11 is 0. The number of rotatable bonds is 7. The minimum Gasteiger partial charge on any atom is -0.449 e. The average molecular weight is 441 g/mol. The van der Waals surface area contributed by atoms with Gasteiger partial charge in [-0.2, -0.15) is 0 Å². The summed E-state index contributed by atoms with van der Waals surface area (Å²) < 4.78 is 5.57. The highest BCUT2D eigenvalue weighted by Crippen LogP contribution is 2.44. The minimum atomic E-state index is -0.398. The molecule has 3 aromatic carbocycles. The highest BCUT2D eigenvalue weighted by Gasteiger charge is 2.28. The molecule has 0 atom stereocenters. The topological polar surface area (TPSA) is 50.4 Å². The SMILES string of the molecule is CC(C)(C)NCc1ccc(C=CCNC(=O)OCC2c3ccccc3-c3ccccc32)cc1. The number of carbonyl (C=O) groups is 1. The molecule has 0 heterocycles. The Morgan fingerprint density at radius 3 is 2.12 bits per heavy atom. The molecule has 0 saturated carbocycles. The third-order valence-corrected chi connectivity index (χ3v) is 5.82. The highest BCUT2D eigenvalue weighted by atomic mass is 16.5. The third kappa shape index (κ3) is 5.91. The van der Waals surface area contributed by atoms with Crippen molar-refractivity contribution in [3.8, 4) is 11.1 Å². The van der Waals surface area contributed by atoms with Gasteiger partial charge in [-0.3, -0.25) is 0 Å². The maximum Gasteiger partial charge on any atom is 0.407 e. The van der Waals surface area contributed by atoms with Crippen LogP contribution in [0, 0.1) is 0 Å². The smallest absolute Gasteiger partial charge is 0.407 e. The number of ether oxygens (including phenoxy) is 1. The molecule has 1 amide bonds. The summed E-state index contributed by atoms with van der Waals surface area (Å²) in [4.78, 5) is 12.3. The number of hydrogen-bond donors (Lipinski definition) is 2. The molecule has 33 heavy (non-hydrogen) atoms. The number of benzene rings is 3. The zero-order valence-corrected chi connectivity index (χ0v) is 19.6. The van der Waals surface area contributed by atoms with Crippen LogP contribution in [0.3, 0.4) is 0 Å². The Morgan fingerprint density at radius 1 is 0.909 bits per heavy atom. The zero-order valence-electron chi connectivity index (χ0n) is 19.6. The lowest BCUT2D eigenvalue weighted by Crippen LogP contribution is -2.35. The summed E-state index contributed by atoms with van der Waals surface area (Å²) in [5.41, 5.74) is 7.34. The van der Waals surface area contributed by atoms with Crippen molar-refractivity contribution in [1.82, 2.24) is 10.6 Å². The second-order valence-electron chi connectivity index (χ2n) is 9.45. The van der Waals surface area contributed by atoms with E-state index in [1.165, 1.54) is 27.8 Å². The van der Waals surface area contributed by atoms with Crippen molar-refractivity contribution in [1.29, 1.82) is 0 Å². The zero-order chi connectivity index (χ0) is 23.3. The monoisotopic (exact) mass is 440 g/mol. The van der Waals surface area contributed by atoms with Gasteiger partial charge in [0.2, 0.25) is 0 Å². The maximum atomic E-state index is 12.3. The van der Waals surface area contributed by atoms with Crippen molar-refractivity contribution in [3.63, 3.8) is 0 Å². The standard InChI is InChI=1S/C29H32N2O2/c1-29(2,3)31-19-22-16-14-21(15-17-22)9-8-18-30-28(32)33-20-27-25-12-6-4-10-23(25)24-11-5-7-13-26(24)27/h4-17,27,31H,18-20H2,1-3H3,(H,30,32). The first-order valence-electron chi connectivity index (χ1n) is 11.5. The van der Waals surface area contributed by atoms with Crippen molar-refractivity contribution < 1.29 is 9.53 Å². The molecule has 0 unspecified atom stereocenters. The van der Waals surface area contributed by atoms with E-state index in [2.05, 4.69) is 79.9 Å². The minimum absolute atomic E-state index is 0.0741. The van der Waals surface area contributed by atoms with Crippen LogP contribution in [0.2, 0.25) is 0 Å². The van der Waals surface area contributed by atoms with Crippen molar-refractivity contribution in [2.24, 2.45) is 0 Å². The fourth-order valence-electron chi connectivity index (χ4n) is 4.10. The number of carbonyl (C=O) groups excluding carboxylic acids is 1. The summed E-state index contributed by atoms with van der Waals surface area (Å²) in [5.74, 6) is 0.0741. The molecule has 0 aliphatic heterocycles. The Bertz CT molecular complexity index is 1080. The van der Waals surface area contributed by atoms with Crippen molar-refractivity contribution in [2.75, 3.05) is 13.2 Å². The van der Waals surface area contributed by atoms with Gasteiger partial charge < -0.3 is 15.4 Å². The van der Waals surface area contributed by atoms with Gasteiger partial charge in [-0.1, -0.05) is 84.9 Å². The lowest BCUT2D eigenvalue weighted by Gasteiger charge is -2.20. The predicted molar refractivity (Wildman–Crippen MR) is 135 cm³/mol. The predicted octanol–water partition coefficient (Wildman–Crippen LogP) is 6.13. The fraction of sp³-hybridized carbons (Fsp3) is 0.276. The van der Waals surface area contributed by atoms with Gasteiger partial charge in [0.1, 0.15) is 6.61 Å². The second kappa shape index (κ2) is 10.1. The van der Waals surface area contributed by atoms with Gasteiger partial charge >= 0.3 is 6.09 Å². The Morgan fingerprint density at radius 2 is 1.52 bits per heavy atom. The number of hydrogen-bond acceptors (Lipinski definition) is 3. The first-order chi connectivity index (χ1) is 15.9. The van der Waals surface area contributed by atoms with Crippen LogP contribution < -0.4 is 10.6 Å². The molecular formula is C29H32N2O2. The molecule has 4 heteroatoms. The van der Waals surface area contributed by atoms with Gasteiger partial charge in [-0.25, -0.2) is 4.79 Å². The van der Waals surface area contributed by atoms with Crippen LogP contribution in [0.1, 0.15) is 48.9 Å². The van der Waals surface area contributed by atoms with Crippen molar-refractivity contribution in [3.05, 3.63) is 101 Å². The number of fused-ring (bicyclic) bond motifs is 3. The largest absolute Gasteiger partial charge is 0.449 e. The van der Waals surface area contributed by atoms with E-state index >= 15 is 0 Å². The van der Waals surface area contributed by atoms with E-state index in [9.17, 15) is 4.79 Å². The Labute approximate surface area is 196 Å². The van der Waals surface area contributed by atoms with Crippen LogP contribution in [0.4, 0.5) is 4.79 Å². The molecule has 170 valence electrons. The molecule has 2 N–H and O–H groups in total.